The van der Waals surface area contributed by atoms with Gasteiger partial charge in [-0.3, -0.25) is 4.79 Å². The van der Waals surface area contributed by atoms with Gasteiger partial charge in [-0.15, -0.1) is 0 Å². The molecule has 0 aliphatic rings. The molecule has 1 heterocycles. The summed E-state index contributed by atoms with van der Waals surface area (Å²) in [6, 6.07) is 10.7. The fourth-order valence-electron chi connectivity index (χ4n) is 1.70. The summed E-state index contributed by atoms with van der Waals surface area (Å²) >= 11 is 0. The van der Waals surface area contributed by atoms with Gasteiger partial charge in [-0.05, 0) is 31.5 Å². The summed E-state index contributed by atoms with van der Waals surface area (Å²) in [6.45, 7) is 3.86. The second kappa shape index (κ2) is 5.63. The number of nitrogens with zero attached hydrogens (tertiary/aromatic N) is 1. The first-order chi connectivity index (χ1) is 9.06. The van der Waals surface area contributed by atoms with Gasteiger partial charge in [0.2, 0.25) is 5.78 Å². The Labute approximate surface area is 112 Å². The fourth-order valence-corrected chi connectivity index (χ4v) is 1.70. The topological polar surface area (TPSA) is 62.2 Å². The predicted molar refractivity (Wildman–Crippen MR) is 74.1 cm³/mol. The van der Waals surface area contributed by atoms with Crippen LogP contribution in [0.4, 0.5) is 5.82 Å². The molecule has 0 aliphatic carbocycles. The first-order valence-corrected chi connectivity index (χ1v) is 6.04. The first kappa shape index (κ1) is 13.2. The number of anilines is 1. The van der Waals surface area contributed by atoms with E-state index in [1.54, 1.807) is 24.4 Å². The van der Waals surface area contributed by atoms with Crippen LogP contribution in [0.15, 0.2) is 42.6 Å². The molecule has 0 bridgehead atoms. The van der Waals surface area contributed by atoms with E-state index in [-0.39, 0.29) is 5.78 Å². The smallest absolute Gasteiger partial charge is 0.211 e. The van der Waals surface area contributed by atoms with E-state index in [9.17, 15) is 9.90 Å². The third kappa shape index (κ3) is 3.39. The van der Waals surface area contributed by atoms with Crippen molar-refractivity contribution in [1.29, 1.82) is 0 Å². The molecular formula is C15H16N2O2. The van der Waals surface area contributed by atoms with Crippen molar-refractivity contribution in [2.75, 3.05) is 5.32 Å². The van der Waals surface area contributed by atoms with Crippen LogP contribution in [-0.2, 0) is 0 Å². The van der Waals surface area contributed by atoms with Gasteiger partial charge in [0.05, 0.1) is 0 Å². The van der Waals surface area contributed by atoms with E-state index < -0.39 is 6.23 Å². The molecular weight excluding hydrogens is 240 g/mol. The lowest BCUT2D eigenvalue weighted by Gasteiger charge is -2.12. The van der Waals surface area contributed by atoms with E-state index in [4.69, 9.17) is 0 Å². The molecule has 2 rings (SSSR count). The predicted octanol–water partition coefficient (Wildman–Crippen LogP) is 2.31. The minimum absolute atomic E-state index is 0.372. The number of aryl methyl sites for hydroxylation is 2. The van der Waals surface area contributed by atoms with Crippen molar-refractivity contribution in [1.82, 2.24) is 4.98 Å². The number of aromatic nitrogens is 1. The van der Waals surface area contributed by atoms with Crippen molar-refractivity contribution < 1.29 is 9.90 Å². The van der Waals surface area contributed by atoms with Gasteiger partial charge in [0, 0.05) is 11.8 Å². The Balaban J connectivity index is 2.09. The lowest BCUT2D eigenvalue weighted by molar-refractivity contribution is 0.0793. The van der Waals surface area contributed by atoms with Gasteiger partial charge in [0.15, 0.2) is 6.23 Å². The molecule has 1 aromatic heterocycles. The summed E-state index contributed by atoms with van der Waals surface area (Å²) in [7, 11) is 0. The van der Waals surface area contributed by atoms with Crippen LogP contribution in [0.3, 0.4) is 0 Å². The van der Waals surface area contributed by atoms with Crippen molar-refractivity contribution in [3.8, 4) is 0 Å². The number of aliphatic hydroxyl groups is 1. The Kier molecular flexibility index (Phi) is 3.92. The van der Waals surface area contributed by atoms with E-state index in [0.717, 1.165) is 11.1 Å². The maximum atomic E-state index is 12.0. The lowest BCUT2D eigenvalue weighted by Crippen LogP contribution is -2.29. The SMILES string of the molecule is Cc1ccc(C(=O)C(O)Nc2cc(C)ccn2)cc1. The Hall–Kier alpha value is -2.20. The van der Waals surface area contributed by atoms with Gasteiger partial charge in [0.25, 0.3) is 0 Å². The average molecular weight is 256 g/mol. The molecule has 0 saturated heterocycles. The second-order valence-corrected chi connectivity index (χ2v) is 4.50. The quantitative estimate of drug-likeness (QED) is 0.651. The van der Waals surface area contributed by atoms with Crippen molar-refractivity contribution in [2.24, 2.45) is 0 Å². The van der Waals surface area contributed by atoms with Crippen LogP contribution >= 0.6 is 0 Å². The molecule has 1 unspecified atom stereocenters. The zero-order valence-electron chi connectivity index (χ0n) is 10.9. The summed E-state index contributed by atoms with van der Waals surface area (Å²) in [5.41, 5.74) is 2.55. The summed E-state index contributed by atoms with van der Waals surface area (Å²) in [5, 5.41) is 12.6. The van der Waals surface area contributed by atoms with Crippen LogP contribution in [-0.4, -0.2) is 22.1 Å². The monoisotopic (exact) mass is 256 g/mol. The molecule has 0 aliphatic heterocycles. The molecule has 0 saturated carbocycles. The summed E-state index contributed by atoms with van der Waals surface area (Å²) in [5.74, 6) is 0.108. The maximum absolute atomic E-state index is 12.0. The molecule has 0 amide bonds. The zero-order chi connectivity index (χ0) is 13.8. The fraction of sp³-hybridized carbons (Fsp3) is 0.200. The Bertz CT molecular complexity index is 579. The number of ketones is 1. The normalized spacial score (nSPS) is 11.9. The summed E-state index contributed by atoms with van der Waals surface area (Å²) in [4.78, 5) is 16.1. The van der Waals surface area contributed by atoms with Crippen LogP contribution in [0.1, 0.15) is 21.5 Å². The zero-order valence-corrected chi connectivity index (χ0v) is 10.9. The van der Waals surface area contributed by atoms with Gasteiger partial charge in [0.1, 0.15) is 5.82 Å². The second-order valence-electron chi connectivity index (χ2n) is 4.50. The highest BCUT2D eigenvalue weighted by Crippen LogP contribution is 2.10. The molecule has 0 spiro atoms. The van der Waals surface area contributed by atoms with Gasteiger partial charge in [-0.2, -0.15) is 0 Å². The van der Waals surface area contributed by atoms with Crippen LogP contribution in [0, 0.1) is 13.8 Å². The number of hydrogen-bond acceptors (Lipinski definition) is 4. The number of Topliss-reactive ketones (excluding diaryl/α,β-unsaturated/α-hetero) is 1. The van der Waals surface area contributed by atoms with Crippen LogP contribution < -0.4 is 5.32 Å². The van der Waals surface area contributed by atoms with Crippen molar-refractivity contribution in [2.45, 2.75) is 20.1 Å². The number of aliphatic hydroxyl groups excluding tert-OH is 1. The number of hydrogen-bond donors (Lipinski definition) is 2. The number of rotatable bonds is 4. The van der Waals surface area contributed by atoms with Crippen LogP contribution in [0.5, 0.6) is 0 Å². The number of benzene rings is 1. The number of carbonyl (C=O) groups is 1. The van der Waals surface area contributed by atoms with Gasteiger partial charge in [-0.1, -0.05) is 29.8 Å². The molecule has 0 fully saturated rings. The Morgan fingerprint density at radius 3 is 2.47 bits per heavy atom. The third-order valence-corrected chi connectivity index (χ3v) is 2.78. The van der Waals surface area contributed by atoms with Crippen molar-refractivity contribution in [3.05, 3.63) is 59.3 Å². The molecule has 4 nitrogen and oxygen atoms in total. The van der Waals surface area contributed by atoms with E-state index in [1.807, 2.05) is 32.0 Å². The minimum atomic E-state index is -1.29. The lowest BCUT2D eigenvalue weighted by atomic mass is 10.1. The molecule has 98 valence electrons. The van der Waals surface area contributed by atoms with Crippen LogP contribution in [0.2, 0.25) is 0 Å². The van der Waals surface area contributed by atoms with E-state index in [2.05, 4.69) is 10.3 Å². The highest BCUT2D eigenvalue weighted by atomic mass is 16.3. The Morgan fingerprint density at radius 1 is 1.16 bits per heavy atom. The maximum Gasteiger partial charge on any atom is 0.211 e. The van der Waals surface area contributed by atoms with Crippen molar-refractivity contribution >= 4 is 11.6 Å². The highest BCUT2D eigenvalue weighted by molar-refractivity contribution is 6.00. The summed E-state index contributed by atoms with van der Waals surface area (Å²) < 4.78 is 0. The molecule has 1 atom stereocenters. The standard InChI is InChI=1S/C15H16N2O2/c1-10-3-5-12(6-4-10)14(18)15(19)17-13-9-11(2)7-8-16-13/h3-9,15,19H,1-2H3,(H,16,17). The molecule has 2 N–H and O–H groups in total. The largest absolute Gasteiger partial charge is 0.367 e. The first-order valence-electron chi connectivity index (χ1n) is 6.04. The van der Waals surface area contributed by atoms with Gasteiger partial charge >= 0.3 is 0 Å². The van der Waals surface area contributed by atoms with Gasteiger partial charge in [-0.25, -0.2) is 4.98 Å². The average Bonchev–Trinajstić information content (AvgIpc) is 2.39. The molecule has 2 aromatic rings. The van der Waals surface area contributed by atoms with E-state index >= 15 is 0 Å². The van der Waals surface area contributed by atoms with E-state index in [1.165, 1.54) is 0 Å². The highest BCUT2D eigenvalue weighted by Gasteiger charge is 2.17. The number of nitrogens with one attached hydrogen (secondary N) is 1. The Morgan fingerprint density at radius 2 is 1.84 bits per heavy atom. The molecule has 19 heavy (non-hydrogen) atoms. The molecule has 0 radical (unpaired) electrons. The van der Waals surface area contributed by atoms with Crippen molar-refractivity contribution in [3.63, 3.8) is 0 Å². The number of pyridine rings is 1. The van der Waals surface area contributed by atoms with Crippen LogP contribution in [0.25, 0.3) is 0 Å². The molecule has 4 heteroatoms. The molecule has 1 aromatic carbocycles. The van der Waals surface area contributed by atoms with E-state index in [0.29, 0.717) is 11.4 Å². The number of carbonyl (C=O) groups excluding carboxylic acids is 1. The minimum Gasteiger partial charge on any atom is -0.367 e. The van der Waals surface area contributed by atoms with Gasteiger partial charge < -0.3 is 10.4 Å². The third-order valence-electron chi connectivity index (χ3n) is 2.78. The summed E-state index contributed by atoms with van der Waals surface area (Å²) in [6.07, 6.45) is 0.331.